The molecule has 0 amide bonds. The van der Waals surface area contributed by atoms with Gasteiger partial charge in [0.2, 0.25) is 0 Å². The molecule has 3 nitrogen and oxygen atoms in total. The molecule has 1 aliphatic heterocycles. The summed E-state index contributed by atoms with van der Waals surface area (Å²) in [5, 5.41) is 0. The summed E-state index contributed by atoms with van der Waals surface area (Å²) in [4.78, 5) is 11.8. The van der Waals surface area contributed by atoms with E-state index in [4.69, 9.17) is 9.47 Å². The second kappa shape index (κ2) is 8.48. The van der Waals surface area contributed by atoms with Gasteiger partial charge in [-0.25, -0.2) is 4.79 Å². The molecule has 4 atom stereocenters. The molecule has 25 heavy (non-hydrogen) atoms. The van der Waals surface area contributed by atoms with Gasteiger partial charge in [-0.1, -0.05) is 70.2 Å². The highest BCUT2D eigenvalue weighted by Crippen LogP contribution is 2.37. The maximum absolute atomic E-state index is 11.8. The van der Waals surface area contributed by atoms with E-state index in [0.717, 1.165) is 12.0 Å². The summed E-state index contributed by atoms with van der Waals surface area (Å²) in [6.07, 6.45) is 6.03. The molecule has 0 saturated carbocycles. The van der Waals surface area contributed by atoms with Crippen LogP contribution in [0.2, 0.25) is 0 Å². The van der Waals surface area contributed by atoms with Crippen molar-refractivity contribution in [1.82, 2.24) is 0 Å². The van der Waals surface area contributed by atoms with Crippen LogP contribution in [-0.2, 0) is 20.9 Å². The van der Waals surface area contributed by atoms with Crippen LogP contribution in [0.4, 0.5) is 0 Å². The Bertz CT molecular complexity index is 603. The van der Waals surface area contributed by atoms with Crippen molar-refractivity contribution in [2.24, 2.45) is 17.3 Å². The van der Waals surface area contributed by atoms with E-state index >= 15 is 0 Å². The average Bonchev–Trinajstić information content (AvgIpc) is 2.58. The third-order valence-electron chi connectivity index (χ3n) is 5.01. The van der Waals surface area contributed by atoms with Crippen LogP contribution in [0.3, 0.4) is 0 Å². The number of rotatable bonds is 8. The van der Waals surface area contributed by atoms with Gasteiger partial charge in [-0.15, -0.1) is 6.58 Å². The molecule has 0 aromatic heterocycles. The Kier molecular flexibility index (Phi) is 6.60. The molecule has 0 N–H and O–H groups in total. The predicted molar refractivity (Wildman–Crippen MR) is 101 cm³/mol. The Morgan fingerprint density at radius 3 is 2.60 bits per heavy atom. The monoisotopic (exact) mass is 342 g/mol. The van der Waals surface area contributed by atoms with E-state index in [1.54, 1.807) is 0 Å². The van der Waals surface area contributed by atoms with Gasteiger partial charge in [-0.2, -0.15) is 0 Å². The minimum absolute atomic E-state index is 0.0261. The van der Waals surface area contributed by atoms with Crippen LogP contribution in [0, 0.1) is 17.3 Å². The van der Waals surface area contributed by atoms with Gasteiger partial charge >= 0.3 is 5.97 Å². The number of allylic oxidation sites excluding steroid dienone is 1. The second-order valence-electron chi connectivity index (χ2n) is 7.63. The van der Waals surface area contributed by atoms with Crippen molar-refractivity contribution in [3.8, 4) is 0 Å². The Hall–Kier alpha value is -1.87. The SMILES string of the molecule is C=CC[C@H](C)[C@H](OCc1ccccc1)[C@@H](C)[C@H]1OC(=O)C=CC1(C)C. The maximum Gasteiger partial charge on any atom is 0.330 e. The molecule has 1 aromatic carbocycles. The molecule has 0 unspecified atom stereocenters. The second-order valence-corrected chi connectivity index (χ2v) is 7.63. The lowest BCUT2D eigenvalue weighted by atomic mass is 9.74. The Labute approximate surface area is 151 Å². The summed E-state index contributed by atoms with van der Waals surface area (Å²) >= 11 is 0. The number of benzene rings is 1. The van der Waals surface area contributed by atoms with Crippen molar-refractivity contribution >= 4 is 5.97 Å². The van der Waals surface area contributed by atoms with Gasteiger partial charge in [0, 0.05) is 17.4 Å². The topological polar surface area (TPSA) is 35.5 Å². The van der Waals surface area contributed by atoms with Crippen molar-refractivity contribution < 1.29 is 14.3 Å². The molecule has 0 radical (unpaired) electrons. The molecule has 1 aliphatic rings. The van der Waals surface area contributed by atoms with Crippen molar-refractivity contribution in [3.63, 3.8) is 0 Å². The van der Waals surface area contributed by atoms with Crippen LogP contribution in [0.25, 0.3) is 0 Å². The van der Waals surface area contributed by atoms with E-state index in [1.807, 2.05) is 30.4 Å². The summed E-state index contributed by atoms with van der Waals surface area (Å²) in [6.45, 7) is 12.9. The van der Waals surface area contributed by atoms with Gasteiger partial charge in [-0.3, -0.25) is 0 Å². The molecular weight excluding hydrogens is 312 g/mol. The van der Waals surface area contributed by atoms with Crippen molar-refractivity contribution in [1.29, 1.82) is 0 Å². The van der Waals surface area contributed by atoms with Crippen LogP contribution < -0.4 is 0 Å². The zero-order chi connectivity index (χ0) is 18.4. The quantitative estimate of drug-likeness (QED) is 0.496. The minimum Gasteiger partial charge on any atom is -0.458 e. The van der Waals surface area contributed by atoms with Gasteiger partial charge in [0.15, 0.2) is 0 Å². The lowest BCUT2D eigenvalue weighted by Gasteiger charge is -2.42. The molecule has 1 heterocycles. The van der Waals surface area contributed by atoms with E-state index in [2.05, 4.69) is 46.4 Å². The standard InChI is InChI=1S/C22H30O3/c1-6-10-16(2)20(24-15-18-11-8-7-9-12-18)17(3)21-22(4,5)14-13-19(23)25-21/h6-9,11-14,16-17,20-21H,1,10,15H2,2-5H3/t16-,17+,20-,21+/m0/s1. The molecule has 0 fully saturated rings. The first-order valence-electron chi connectivity index (χ1n) is 9.01. The van der Waals surface area contributed by atoms with E-state index in [-0.39, 0.29) is 35.4 Å². The summed E-state index contributed by atoms with van der Waals surface area (Å²) in [6, 6.07) is 10.2. The van der Waals surface area contributed by atoms with E-state index < -0.39 is 0 Å². The van der Waals surface area contributed by atoms with Crippen LogP contribution in [0.1, 0.15) is 39.7 Å². The highest BCUT2D eigenvalue weighted by molar-refractivity contribution is 5.83. The first kappa shape index (κ1) is 19.5. The van der Waals surface area contributed by atoms with Crippen LogP contribution in [0.5, 0.6) is 0 Å². The Morgan fingerprint density at radius 2 is 1.96 bits per heavy atom. The largest absolute Gasteiger partial charge is 0.458 e. The molecular formula is C22H30O3. The normalized spacial score (nSPS) is 22.7. The zero-order valence-corrected chi connectivity index (χ0v) is 15.8. The lowest BCUT2D eigenvalue weighted by molar-refractivity contribution is -0.162. The van der Waals surface area contributed by atoms with Crippen molar-refractivity contribution in [3.05, 3.63) is 60.7 Å². The predicted octanol–water partition coefficient (Wildman–Crippen LogP) is 4.93. The van der Waals surface area contributed by atoms with E-state index in [1.165, 1.54) is 6.08 Å². The maximum atomic E-state index is 11.8. The third kappa shape index (κ3) is 5.05. The number of carbonyl (C=O) groups excluding carboxylic acids is 1. The lowest BCUT2D eigenvalue weighted by Crippen LogP contribution is -2.46. The minimum atomic E-state index is -0.269. The molecule has 0 saturated heterocycles. The van der Waals surface area contributed by atoms with E-state index in [0.29, 0.717) is 6.61 Å². The van der Waals surface area contributed by atoms with E-state index in [9.17, 15) is 4.79 Å². The summed E-state index contributed by atoms with van der Waals surface area (Å²) in [5.74, 6) is 0.0912. The summed E-state index contributed by atoms with van der Waals surface area (Å²) in [7, 11) is 0. The molecule has 3 heteroatoms. The first-order valence-corrected chi connectivity index (χ1v) is 9.01. The van der Waals surface area contributed by atoms with Crippen LogP contribution in [-0.4, -0.2) is 18.2 Å². The first-order chi connectivity index (χ1) is 11.8. The highest BCUT2D eigenvalue weighted by Gasteiger charge is 2.42. The van der Waals surface area contributed by atoms with Crippen LogP contribution >= 0.6 is 0 Å². The number of ether oxygens (including phenoxy) is 2. The fourth-order valence-electron chi connectivity index (χ4n) is 3.65. The van der Waals surface area contributed by atoms with Gasteiger partial charge in [0.1, 0.15) is 6.10 Å². The number of esters is 1. The molecule has 136 valence electrons. The van der Waals surface area contributed by atoms with Gasteiger partial charge in [-0.05, 0) is 17.9 Å². The third-order valence-corrected chi connectivity index (χ3v) is 5.01. The number of hydrogen-bond donors (Lipinski definition) is 0. The summed E-state index contributed by atoms with van der Waals surface area (Å²) in [5.41, 5.74) is 0.931. The molecule has 0 aliphatic carbocycles. The van der Waals surface area contributed by atoms with Crippen molar-refractivity contribution in [2.75, 3.05) is 0 Å². The zero-order valence-electron chi connectivity index (χ0n) is 15.8. The summed E-state index contributed by atoms with van der Waals surface area (Å²) < 4.78 is 12.0. The van der Waals surface area contributed by atoms with Gasteiger partial charge < -0.3 is 9.47 Å². The molecule has 1 aromatic rings. The van der Waals surface area contributed by atoms with Crippen molar-refractivity contribution in [2.45, 2.75) is 52.9 Å². The van der Waals surface area contributed by atoms with Crippen LogP contribution in [0.15, 0.2) is 55.1 Å². The highest BCUT2D eigenvalue weighted by atomic mass is 16.5. The molecule has 0 spiro atoms. The fourth-order valence-corrected chi connectivity index (χ4v) is 3.65. The average molecular weight is 342 g/mol. The number of carbonyl (C=O) groups is 1. The Morgan fingerprint density at radius 1 is 1.28 bits per heavy atom. The number of cyclic esters (lactones) is 1. The molecule has 2 rings (SSSR count). The smallest absolute Gasteiger partial charge is 0.330 e. The van der Waals surface area contributed by atoms with Gasteiger partial charge in [0.05, 0.1) is 12.7 Å². The Balaban J connectivity index is 2.17. The fraction of sp³-hybridized carbons (Fsp3) is 0.500. The molecule has 0 bridgehead atoms. The van der Waals surface area contributed by atoms with Gasteiger partial charge in [0.25, 0.3) is 0 Å². The number of hydrogen-bond acceptors (Lipinski definition) is 3.